The average molecular weight is 591 g/mol. The summed E-state index contributed by atoms with van der Waals surface area (Å²) in [6.45, 7) is 3.46. The van der Waals surface area contributed by atoms with Gasteiger partial charge in [-0.3, -0.25) is 0 Å². The number of carbonyl (C=O) groups excluding carboxylic acids is 2. The van der Waals surface area contributed by atoms with Crippen LogP contribution in [0.25, 0.3) is 0 Å². The van der Waals surface area contributed by atoms with Gasteiger partial charge in [-0.2, -0.15) is 16.8 Å². The molecule has 0 bridgehead atoms. The first kappa shape index (κ1) is 30.2. The molecule has 0 heterocycles. The van der Waals surface area contributed by atoms with Crippen molar-refractivity contribution in [2.45, 2.75) is 26.7 Å². The van der Waals surface area contributed by atoms with Crippen LogP contribution in [0.2, 0.25) is 0 Å². The second-order valence-corrected chi connectivity index (χ2v) is 11.8. The first-order chi connectivity index (χ1) is 19.0. The zero-order chi connectivity index (χ0) is 29.2. The maximum atomic E-state index is 12.5. The van der Waals surface area contributed by atoms with Crippen LogP contribution in [-0.2, 0) is 20.2 Å². The fraction of sp³-hybridized carbons (Fsp3) is 0.231. The smallest absolute Gasteiger partial charge is 0.323 e. The number of carbonyl (C=O) groups is 2. The average Bonchev–Trinajstić information content (AvgIpc) is 2.87. The van der Waals surface area contributed by atoms with E-state index in [4.69, 9.17) is 8.37 Å². The van der Waals surface area contributed by atoms with E-state index in [-0.39, 0.29) is 23.0 Å². The van der Waals surface area contributed by atoms with Crippen LogP contribution in [0, 0.1) is 0 Å². The molecule has 0 aliphatic rings. The van der Waals surface area contributed by atoms with Crippen LogP contribution in [0.5, 0.6) is 11.5 Å². The molecule has 40 heavy (non-hydrogen) atoms. The van der Waals surface area contributed by atoms with E-state index in [9.17, 15) is 26.4 Å². The number of amides is 4. The van der Waals surface area contributed by atoms with Gasteiger partial charge in [0.05, 0.1) is 22.9 Å². The molecular formula is C26H30N4O8S2. The predicted octanol–water partition coefficient (Wildman–Crippen LogP) is 5.21. The second-order valence-electron chi connectivity index (χ2n) is 8.44. The van der Waals surface area contributed by atoms with Crippen LogP contribution in [0.3, 0.4) is 0 Å². The number of hydrogen-bond donors (Lipinski definition) is 4. The topological polar surface area (TPSA) is 169 Å². The van der Waals surface area contributed by atoms with Gasteiger partial charge in [-0.05, 0) is 73.5 Å². The minimum Gasteiger partial charge on any atom is -0.382 e. The number of para-hydroxylation sites is 2. The van der Waals surface area contributed by atoms with Crippen LogP contribution in [0.15, 0.2) is 72.8 Å². The summed E-state index contributed by atoms with van der Waals surface area (Å²) in [5.41, 5.74) is 1.39. The highest BCUT2D eigenvalue weighted by molar-refractivity contribution is 7.87. The molecule has 4 amide bonds. The molecule has 0 aliphatic carbocycles. The Morgan fingerprint density at radius 1 is 0.575 bits per heavy atom. The molecular weight excluding hydrogens is 560 g/mol. The van der Waals surface area contributed by atoms with Gasteiger partial charge in [0.25, 0.3) is 0 Å². The van der Waals surface area contributed by atoms with E-state index in [0.29, 0.717) is 35.6 Å². The van der Waals surface area contributed by atoms with E-state index in [2.05, 4.69) is 21.3 Å². The van der Waals surface area contributed by atoms with Gasteiger partial charge in [-0.1, -0.05) is 26.0 Å². The maximum absolute atomic E-state index is 12.5. The summed E-state index contributed by atoms with van der Waals surface area (Å²) in [5, 5.41) is 10.5. The molecule has 0 atom stereocenters. The number of rotatable bonds is 12. The molecule has 0 unspecified atom stereocenters. The molecule has 0 fully saturated rings. The minimum absolute atomic E-state index is 0.104. The van der Waals surface area contributed by atoms with Crippen LogP contribution in [-0.4, -0.2) is 40.4 Å². The van der Waals surface area contributed by atoms with Crippen molar-refractivity contribution in [2.24, 2.45) is 0 Å². The highest BCUT2D eigenvalue weighted by Crippen LogP contribution is 2.23. The van der Waals surface area contributed by atoms with E-state index in [1.54, 1.807) is 38.1 Å². The predicted molar refractivity (Wildman–Crippen MR) is 154 cm³/mol. The molecule has 3 aromatic carbocycles. The fourth-order valence-electron chi connectivity index (χ4n) is 3.33. The standard InChI is InChI=1S/C26H30N4O8S2/c1-3-17-39(33,34)37-21-13-9-19(10-14-21)27-25(31)29-23-7-5-6-8-24(23)30-26(32)28-20-11-15-22(16-12-20)38-40(35,36)18-4-2/h5-16H,3-4,17-18H2,1-2H3,(H2,27,29,31)(H2,28,30,32). The van der Waals surface area contributed by atoms with Crippen LogP contribution < -0.4 is 29.6 Å². The number of hydrogen-bond acceptors (Lipinski definition) is 8. The Labute approximate surface area is 233 Å². The molecule has 3 aromatic rings. The lowest BCUT2D eigenvalue weighted by Crippen LogP contribution is -2.23. The Morgan fingerprint density at radius 3 is 1.25 bits per heavy atom. The van der Waals surface area contributed by atoms with Gasteiger partial charge in [0, 0.05) is 11.4 Å². The van der Waals surface area contributed by atoms with Gasteiger partial charge < -0.3 is 29.6 Å². The van der Waals surface area contributed by atoms with E-state index in [0.717, 1.165) is 0 Å². The third kappa shape index (κ3) is 9.78. The number of nitrogens with one attached hydrogen (secondary N) is 4. The van der Waals surface area contributed by atoms with Crippen molar-refractivity contribution < 1.29 is 34.8 Å². The highest BCUT2D eigenvalue weighted by Gasteiger charge is 2.14. The maximum Gasteiger partial charge on any atom is 0.323 e. The molecule has 4 N–H and O–H groups in total. The molecule has 214 valence electrons. The third-order valence-corrected chi connectivity index (χ3v) is 7.71. The molecule has 0 aromatic heterocycles. The summed E-state index contributed by atoms with van der Waals surface area (Å²) < 4.78 is 57.2. The molecule has 0 radical (unpaired) electrons. The Bertz CT molecular complexity index is 1410. The molecule has 0 aliphatic heterocycles. The Hall–Kier alpha value is -4.30. The van der Waals surface area contributed by atoms with Crippen molar-refractivity contribution in [1.82, 2.24) is 0 Å². The van der Waals surface area contributed by atoms with Gasteiger partial charge in [0.1, 0.15) is 11.5 Å². The fourth-order valence-corrected chi connectivity index (χ4v) is 5.31. The van der Waals surface area contributed by atoms with E-state index in [1.807, 2.05) is 0 Å². The number of urea groups is 2. The zero-order valence-electron chi connectivity index (χ0n) is 21.8. The summed E-state index contributed by atoms with van der Waals surface area (Å²) in [6.07, 6.45) is 0.853. The minimum atomic E-state index is -3.67. The Kier molecular flexibility index (Phi) is 10.3. The monoisotopic (exact) mass is 590 g/mol. The summed E-state index contributed by atoms with van der Waals surface area (Å²) >= 11 is 0. The highest BCUT2D eigenvalue weighted by atomic mass is 32.2. The first-order valence-electron chi connectivity index (χ1n) is 12.3. The third-order valence-electron chi connectivity index (χ3n) is 5.00. The second kappa shape index (κ2) is 13.7. The molecule has 0 spiro atoms. The summed E-state index contributed by atoms with van der Waals surface area (Å²) in [7, 11) is -7.35. The van der Waals surface area contributed by atoms with Crippen LogP contribution >= 0.6 is 0 Å². The summed E-state index contributed by atoms with van der Waals surface area (Å²) in [6, 6.07) is 17.0. The quantitative estimate of drug-likeness (QED) is 0.208. The molecule has 0 saturated heterocycles. The van der Waals surface area contributed by atoms with Gasteiger partial charge in [-0.25, -0.2) is 9.59 Å². The lowest BCUT2D eigenvalue weighted by Gasteiger charge is -2.14. The summed E-state index contributed by atoms with van der Waals surface area (Å²) in [4.78, 5) is 25.1. The number of anilines is 4. The molecule has 0 saturated carbocycles. The van der Waals surface area contributed by atoms with Gasteiger partial charge in [0.15, 0.2) is 0 Å². The van der Waals surface area contributed by atoms with Gasteiger partial charge >= 0.3 is 32.3 Å². The summed E-state index contributed by atoms with van der Waals surface area (Å²) in [5.74, 6) is 0.0498. The van der Waals surface area contributed by atoms with Gasteiger partial charge in [-0.15, -0.1) is 0 Å². The zero-order valence-corrected chi connectivity index (χ0v) is 23.5. The molecule has 14 heteroatoms. The van der Waals surface area contributed by atoms with E-state index < -0.39 is 32.3 Å². The van der Waals surface area contributed by atoms with Crippen LogP contribution in [0.1, 0.15) is 26.7 Å². The van der Waals surface area contributed by atoms with Crippen molar-refractivity contribution in [3.05, 3.63) is 72.8 Å². The lowest BCUT2D eigenvalue weighted by atomic mass is 10.2. The van der Waals surface area contributed by atoms with E-state index in [1.165, 1.54) is 48.5 Å². The number of benzene rings is 3. The molecule has 12 nitrogen and oxygen atoms in total. The van der Waals surface area contributed by atoms with Crippen molar-refractivity contribution in [3.63, 3.8) is 0 Å². The largest absolute Gasteiger partial charge is 0.382 e. The SMILES string of the molecule is CCCS(=O)(=O)Oc1ccc(NC(=O)Nc2ccccc2NC(=O)Nc2ccc(OS(=O)(=O)CCC)cc2)cc1. The van der Waals surface area contributed by atoms with Crippen molar-refractivity contribution >= 4 is 55.0 Å². The van der Waals surface area contributed by atoms with Gasteiger partial charge in [0.2, 0.25) is 0 Å². The van der Waals surface area contributed by atoms with Crippen molar-refractivity contribution in [1.29, 1.82) is 0 Å². The Morgan fingerprint density at radius 2 is 0.925 bits per heavy atom. The molecule has 3 rings (SSSR count). The first-order valence-corrected chi connectivity index (χ1v) is 15.4. The lowest BCUT2D eigenvalue weighted by molar-refractivity contribution is 0.261. The van der Waals surface area contributed by atoms with Crippen molar-refractivity contribution in [3.8, 4) is 11.5 Å². The Balaban J connectivity index is 1.56. The van der Waals surface area contributed by atoms with Crippen molar-refractivity contribution in [2.75, 3.05) is 32.8 Å². The van der Waals surface area contributed by atoms with Crippen LogP contribution in [0.4, 0.5) is 32.3 Å². The normalized spacial score (nSPS) is 11.2. The van der Waals surface area contributed by atoms with E-state index >= 15 is 0 Å².